The average molecular weight is 271 g/mol. The maximum absolute atomic E-state index is 11.6. The fraction of sp³-hybridized carbons (Fsp3) is 1.00. The van der Waals surface area contributed by atoms with Crippen molar-refractivity contribution in [3.05, 3.63) is 0 Å². The number of hydrogen-bond donors (Lipinski definition) is 0. The van der Waals surface area contributed by atoms with Crippen molar-refractivity contribution >= 4 is 21.6 Å². The van der Waals surface area contributed by atoms with Crippen LogP contribution < -0.4 is 0 Å². The van der Waals surface area contributed by atoms with Crippen LogP contribution >= 0.6 is 11.6 Å². The van der Waals surface area contributed by atoms with Crippen LogP contribution in [0.5, 0.6) is 0 Å². The van der Waals surface area contributed by atoms with Gasteiger partial charge in [-0.15, -0.1) is 11.6 Å². The highest BCUT2D eigenvalue weighted by Crippen LogP contribution is 2.09. The smallest absolute Gasteiger partial charge is 0.228 e. The summed E-state index contributed by atoms with van der Waals surface area (Å²) in [6, 6.07) is 0. The van der Waals surface area contributed by atoms with Crippen molar-refractivity contribution in [3.8, 4) is 0 Å². The van der Waals surface area contributed by atoms with E-state index in [1.165, 1.54) is 4.31 Å². The highest BCUT2D eigenvalue weighted by atomic mass is 35.5. The summed E-state index contributed by atoms with van der Waals surface area (Å²) >= 11 is 5.44. The molecule has 0 amide bonds. The predicted molar refractivity (Wildman–Crippen MR) is 64.1 cm³/mol. The van der Waals surface area contributed by atoms with Gasteiger partial charge in [-0.25, -0.2) is 8.42 Å². The second-order valence-electron chi connectivity index (χ2n) is 3.81. The summed E-state index contributed by atoms with van der Waals surface area (Å²) < 4.78 is 29.6. The molecule has 1 aliphatic heterocycles. The van der Waals surface area contributed by atoms with Crippen LogP contribution in [0.2, 0.25) is 0 Å². The van der Waals surface area contributed by atoms with Gasteiger partial charge in [-0.3, -0.25) is 4.90 Å². The first-order valence-electron chi connectivity index (χ1n) is 5.35. The summed E-state index contributed by atoms with van der Waals surface area (Å²) in [4.78, 5) is 2.22. The summed E-state index contributed by atoms with van der Waals surface area (Å²) in [5.41, 5.74) is 0. The van der Waals surface area contributed by atoms with Gasteiger partial charge in [0.05, 0.1) is 6.61 Å². The molecule has 16 heavy (non-hydrogen) atoms. The molecule has 0 aromatic carbocycles. The molecule has 96 valence electrons. The van der Waals surface area contributed by atoms with E-state index in [1.807, 2.05) is 0 Å². The Kier molecular flexibility index (Phi) is 5.99. The molecular weight excluding hydrogens is 252 g/mol. The van der Waals surface area contributed by atoms with Crippen LogP contribution in [0.4, 0.5) is 0 Å². The maximum atomic E-state index is 11.6. The van der Waals surface area contributed by atoms with Crippen LogP contribution in [0.3, 0.4) is 0 Å². The lowest BCUT2D eigenvalue weighted by Crippen LogP contribution is -2.36. The van der Waals surface area contributed by atoms with Gasteiger partial charge in [-0.1, -0.05) is 0 Å². The minimum absolute atomic E-state index is 0.328. The van der Waals surface area contributed by atoms with Gasteiger partial charge in [0, 0.05) is 33.3 Å². The summed E-state index contributed by atoms with van der Waals surface area (Å²) in [5, 5.41) is -0.328. The lowest BCUT2D eigenvalue weighted by atomic mass is 10.4. The topological polar surface area (TPSA) is 49.9 Å². The van der Waals surface area contributed by atoms with E-state index in [4.69, 9.17) is 16.3 Å². The number of sulfonamides is 1. The Balaban J connectivity index is 2.46. The zero-order valence-corrected chi connectivity index (χ0v) is 11.1. The standard InChI is InChI=1S/C9H19ClN2O3S/c1-15-8-7-11-3-2-4-12(6-5-11)16(13,14)9-10/h2-9H2,1H3. The molecule has 0 aromatic heterocycles. The van der Waals surface area contributed by atoms with E-state index in [9.17, 15) is 8.42 Å². The van der Waals surface area contributed by atoms with Crippen LogP contribution in [0.1, 0.15) is 6.42 Å². The zero-order chi connectivity index (χ0) is 12.0. The van der Waals surface area contributed by atoms with Crippen LogP contribution in [0, 0.1) is 0 Å². The molecule has 0 saturated carbocycles. The summed E-state index contributed by atoms with van der Waals surface area (Å²) in [7, 11) is -1.58. The first-order valence-corrected chi connectivity index (χ1v) is 7.49. The molecule has 1 rings (SSSR count). The van der Waals surface area contributed by atoms with Gasteiger partial charge in [0.15, 0.2) is 0 Å². The Morgan fingerprint density at radius 2 is 2.00 bits per heavy atom. The molecule has 1 saturated heterocycles. The lowest BCUT2D eigenvalue weighted by Gasteiger charge is -2.20. The number of ether oxygens (including phenoxy) is 1. The molecule has 0 radical (unpaired) electrons. The molecule has 0 aliphatic carbocycles. The number of hydrogen-bond acceptors (Lipinski definition) is 4. The molecule has 0 N–H and O–H groups in total. The molecule has 1 fully saturated rings. The molecule has 0 spiro atoms. The molecule has 0 aromatic rings. The van der Waals surface area contributed by atoms with Crippen LogP contribution in [-0.2, 0) is 14.8 Å². The van der Waals surface area contributed by atoms with Crippen molar-refractivity contribution in [2.24, 2.45) is 0 Å². The summed E-state index contributed by atoms with van der Waals surface area (Å²) in [6.45, 7) is 4.29. The van der Waals surface area contributed by atoms with E-state index < -0.39 is 10.0 Å². The van der Waals surface area contributed by atoms with Gasteiger partial charge < -0.3 is 4.74 Å². The van der Waals surface area contributed by atoms with Crippen LogP contribution in [0.15, 0.2) is 0 Å². The van der Waals surface area contributed by atoms with Gasteiger partial charge in [0.1, 0.15) is 5.21 Å². The number of halogens is 1. The van der Waals surface area contributed by atoms with E-state index in [2.05, 4.69) is 4.90 Å². The van der Waals surface area contributed by atoms with E-state index in [0.29, 0.717) is 19.7 Å². The van der Waals surface area contributed by atoms with Crippen molar-refractivity contribution in [2.45, 2.75) is 6.42 Å². The number of alkyl halides is 1. The van der Waals surface area contributed by atoms with Crippen molar-refractivity contribution in [2.75, 3.05) is 51.7 Å². The largest absolute Gasteiger partial charge is 0.383 e. The first-order chi connectivity index (χ1) is 7.60. The van der Waals surface area contributed by atoms with Crippen LogP contribution in [0.25, 0.3) is 0 Å². The number of nitrogens with zero attached hydrogens (tertiary/aromatic N) is 2. The monoisotopic (exact) mass is 270 g/mol. The molecule has 1 aliphatic rings. The van der Waals surface area contributed by atoms with Crippen molar-refractivity contribution in [1.29, 1.82) is 0 Å². The lowest BCUT2D eigenvalue weighted by molar-refractivity contribution is 0.151. The zero-order valence-electron chi connectivity index (χ0n) is 9.56. The minimum Gasteiger partial charge on any atom is -0.383 e. The third-order valence-corrected chi connectivity index (χ3v) is 4.95. The molecule has 7 heteroatoms. The Bertz CT molecular complexity index is 297. The second kappa shape index (κ2) is 6.76. The van der Waals surface area contributed by atoms with Crippen molar-refractivity contribution < 1.29 is 13.2 Å². The fourth-order valence-electron chi connectivity index (χ4n) is 1.74. The van der Waals surface area contributed by atoms with Crippen molar-refractivity contribution in [3.63, 3.8) is 0 Å². The van der Waals surface area contributed by atoms with Gasteiger partial charge in [-0.2, -0.15) is 4.31 Å². The predicted octanol–water partition coefficient (Wildman–Crippen LogP) is 0.167. The normalized spacial score (nSPS) is 20.9. The Morgan fingerprint density at radius 3 is 2.62 bits per heavy atom. The SMILES string of the molecule is COCCN1CCCN(S(=O)(=O)CCl)CC1. The Hall–Kier alpha value is 0.120. The quantitative estimate of drug-likeness (QED) is 0.668. The van der Waals surface area contributed by atoms with Gasteiger partial charge in [0.2, 0.25) is 10.0 Å². The fourth-order valence-corrected chi connectivity index (χ4v) is 3.06. The number of methoxy groups -OCH3 is 1. The first kappa shape index (κ1) is 14.2. The third-order valence-electron chi connectivity index (χ3n) is 2.69. The molecule has 0 bridgehead atoms. The van der Waals surface area contributed by atoms with E-state index >= 15 is 0 Å². The molecular formula is C9H19ClN2O3S. The highest BCUT2D eigenvalue weighted by molar-refractivity contribution is 7.90. The average Bonchev–Trinajstić information content (AvgIpc) is 2.52. The van der Waals surface area contributed by atoms with E-state index in [-0.39, 0.29) is 5.21 Å². The Morgan fingerprint density at radius 1 is 1.25 bits per heavy atom. The van der Waals surface area contributed by atoms with Gasteiger partial charge >= 0.3 is 0 Å². The van der Waals surface area contributed by atoms with Crippen LogP contribution in [-0.4, -0.2) is 69.3 Å². The van der Waals surface area contributed by atoms with Gasteiger partial charge in [-0.05, 0) is 13.0 Å². The van der Waals surface area contributed by atoms with E-state index in [0.717, 1.165) is 26.1 Å². The Labute approximate surface area is 102 Å². The minimum atomic E-state index is -3.25. The number of rotatable bonds is 5. The molecule has 0 unspecified atom stereocenters. The maximum Gasteiger partial charge on any atom is 0.228 e. The second-order valence-corrected chi connectivity index (χ2v) is 6.36. The van der Waals surface area contributed by atoms with Gasteiger partial charge in [0.25, 0.3) is 0 Å². The van der Waals surface area contributed by atoms with E-state index in [1.54, 1.807) is 7.11 Å². The van der Waals surface area contributed by atoms with Crippen molar-refractivity contribution in [1.82, 2.24) is 9.21 Å². The summed E-state index contributed by atoms with van der Waals surface area (Å²) in [5.74, 6) is 0. The summed E-state index contributed by atoms with van der Waals surface area (Å²) in [6.07, 6.45) is 0.847. The highest BCUT2D eigenvalue weighted by Gasteiger charge is 2.23. The molecule has 0 atom stereocenters. The molecule has 1 heterocycles. The molecule has 5 nitrogen and oxygen atoms in total. The third kappa shape index (κ3) is 4.18.